The van der Waals surface area contributed by atoms with Crippen LogP contribution in [0.2, 0.25) is 0 Å². The second kappa shape index (κ2) is 7.00. The molecule has 0 bridgehead atoms. The summed E-state index contributed by atoms with van der Waals surface area (Å²) in [5.74, 6) is 0.382. The number of H-pyrrole nitrogens is 1. The summed E-state index contributed by atoms with van der Waals surface area (Å²) in [5, 5.41) is 20.5. The summed E-state index contributed by atoms with van der Waals surface area (Å²) in [4.78, 5) is 27.1. The number of nitrogens with zero attached hydrogens (tertiary/aromatic N) is 3. The summed E-state index contributed by atoms with van der Waals surface area (Å²) in [6.07, 6.45) is 0. The Morgan fingerprint density at radius 1 is 1.38 bits per heavy atom. The summed E-state index contributed by atoms with van der Waals surface area (Å²) in [7, 11) is 0. The first-order chi connectivity index (χ1) is 11.2. The van der Waals surface area contributed by atoms with Crippen LogP contribution in [0.4, 0.5) is 11.4 Å². The molecule has 2 rings (SSSR count). The first-order valence-electron chi connectivity index (χ1n) is 7.32. The van der Waals surface area contributed by atoms with Crippen LogP contribution in [0.3, 0.4) is 0 Å². The smallest absolute Gasteiger partial charge is 0.292 e. The molecule has 0 saturated heterocycles. The van der Waals surface area contributed by atoms with E-state index in [0.29, 0.717) is 5.16 Å². The van der Waals surface area contributed by atoms with Crippen molar-refractivity contribution in [3.05, 3.63) is 40.2 Å². The maximum Gasteiger partial charge on any atom is 0.292 e. The van der Waals surface area contributed by atoms with E-state index < -0.39 is 10.2 Å². The third kappa shape index (κ3) is 4.31. The summed E-state index contributed by atoms with van der Waals surface area (Å²) in [6, 6.07) is 6.02. The first kappa shape index (κ1) is 17.9. The molecule has 1 heterocycles. The monoisotopic (exact) mass is 349 g/mol. The SMILES string of the molecule is CC(Sc1n[nH]c(C(C)(C)C)n1)C(=O)Nc1ccccc1[N+](=O)[O-]. The molecule has 2 aromatic rings. The van der Waals surface area contributed by atoms with Gasteiger partial charge >= 0.3 is 0 Å². The van der Waals surface area contributed by atoms with Gasteiger partial charge in [-0.2, -0.15) is 0 Å². The van der Waals surface area contributed by atoms with E-state index in [9.17, 15) is 14.9 Å². The van der Waals surface area contributed by atoms with Crippen LogP contribution in [0.1, 0.15) is 33.5 Å². The molecule has 24 heavy (non-hydrogen) atoms. The number of aromatic nitrogens is 3. The molecule has 1 aromatic carbocycles. The van der Waals surface area contributed by atoms with E-state index in [2.05, 4.69) is 20.5 Å². The fourth-order valence-electron chi connectivity index (χ4n) is 1.82. The molecule has 0 radical (unpaired) electrons. The maximum atomic E-state index is 12.3. The standard InChI is InChI=1S/C15H19N5O3S/c1-9(24-14-17-13(18-19-14)15(2,3)4)12(21)16-10-7-5-6-8-11(10)20(22)23/h5-9H,1-4H3,(H,16,21)(H,17,18,19). The Balaban J connectivity index is 2.05. The molecule has 1 atom stereocenters. The summed E-state index contributed by atoms with van der Waals surface area (Å²) < 4.78 is 0. The van der Waals surface area contributed by atoms with Crippen LogP contribution in [0.15, 0.2) is 29.4 Å². The maximum absolute atomic E-state index is 12.3. The number of nitro groups is 1. The fraction of sp³-hybridized carbons (Fsp3) is 0.400. The Hall–Kier alpha value is -2.42. The van der Waals surface area contributed by atoms with Gasteiger partial charge in [0.15, 0.2) is 0 Å². The van der Waals surface area contributed by atoms with Gasteiger partial charge in [0.05, 0.1) is 10.2 Å². The number of hydrogen-bond donors (Lipinski definition) is 2. The molecule has 9 heteroatoms. The van der Waals surface area contributed by atoms with E-state index in [1.165, 1.54) is 23.9 Å². The number of thioether (sulfide) groups is 1. The van der Waals surface area contributed by atoms with Gasteiger partial charge in [-0.1, -0.05) is 44.7 Å². The van der Waals surface area contributed by atoms with Crippen molar-refractivity contribution in [3.8, 4) is 0 Å². The predicted molar refractivity (Wildman–Crippen MR) is 92.1 cm³/mol. The number of nitrogens with one attached hydrogen (secondary N) is 2. The topological polar surface area (TPSA) is 114 Å². The second-order valence-corrected chi connectivity index (χ2v) is 7.55. The zero-order chi connectivity index (χ0) is 17.9. The van der Waals surface area contributed by atoms with Gasteiger partial charge in [0.1, 0.15) is 11.5 Å². The minimum Gasteiger partial charge on any atom is -0.319 e. The lowest BCUT2D eigenvalue weighted by atomic mass is 9.96. The summed E-state index contributed by atoms with van der Waals surface area (Å²) >= 11 is 1.19. The van der Waals surface area contributed by atoms with Crippen LogP contribution in [0, 0.1) is 10.1 Å². The van der Waals surface area contributed by atoms with Crippen molar-refractivity contribution in [1.29, 1.82) is 0 Å². The number of carbonyl (C=O) groups excluding carboxylic acids is 1. The zero-order valence-corrected chi connectivity index (χ0v) is 14.7. The van der Waals surface area contributed by atoms with E-state index in [4.69, 9.17) is 0 Å². The van der Waals surface area contributed by atoms with Crippen molar-refractivity contribution >= 4 is 29.0 Å². The minimum atomic E-state index is -0.529. The average Bonchev–Trinajstić information content (AvgIpc) is 2.96. The highest BCUT2D eigenvalue weighted by Crippen LogP contribution is 2.27. The lowest BCUT2D eigenvalue weighted by Gasteiger charge is -2.13. The Kier molecular flexibility index (Phi) is 5.23. The Morgan fingerprint density at radius 2 is 2.04 bits per heavy atom. The van der Waals surface area contributed by atoms with Crippen molar-refractivity contribution in [2.75, 3.05) is 5.32 Å². The van der Waals surface area contributed by atoms with E-state index in [0.717, 1.165) is 5.82 Å². The van der Waals surface area contributed by atoms with Crippen LogP contribution in [-0.2, 0) is 10.2 Å². The number of aromatic amines is 1. The van der Waals surface area contributed by atoms with Crippen LogP contribution in [0.25, 0.3) is 0 Å². The molecule has 0 spiro atoms. The number of rotatable bonds is 5. The number of nitro benzene ring substituents is 1. The van der Waals surface area contributed by atoms with Crippen LogP contribution in [0.5, 0.6) is 0 Å². The van der Waals surface area contributed by atoms with E-state index >= 15 is 0 Å². The number of carbonyl (C=O) groups is 1. The highest BCUT2D eigenvalue weighted by molar-refractivity contribution is 8.00. The van der Waals surface area contributed by atoms with Gasteiger partial charge in [-0.3, -0.25) is 20.0 Å². The summed E-state index contributed by atoms with van der Waals surface area (Å²) in [5.41, 5.74) is -0.136. The molecule has 128 valence electrons. The van der Waals surface area contributed by atoms with Crippen LogP contribution in [-0.4, -0.2) is 31.3 Å². The molecule has 8 nitrogen and oxygen atoms in total. The quantitative estimate of drug-likeness (QED) is 0.487. The molecule has 0 aliphatic rings. The Labute approximate surface area is 143 Å². The number of para-hydroxylation sites is 2. The molecule has 0 aliphatic carbocycles. The lowest BCUT2D eigenvalue weighted by molar-refractivity contribution is -0.383. The molecule has 2 N–H and O–H groups in total. The zero-order valence-electron chi connectivity index (χ0n) is 13.9. The van der Waals surface area contributed by atoms with Gasteiger partial charge in [-0.15, -0.1) is 5.10 Å². The highest BCUT2D eigenvalue weighted by atomic mass is 32.2. The van der Waals surface area contributed by atoms with E-state index in [-0.39, 0.29) is 22.7 Å². The largest absolute Gasteiger partial charge is 0.319 e. The lowest BCUT2D eigenvalue weighted by Crippen LogP contribution is -2.23. The van der Waals surface area contributed by atoms with Crippen molar-refractivity contribution in [2.24, 2.45) is 0 Å². The van der Waals surface area contributed by atoms with Crippen molar-refractivity contribution in [2.45, 2.75) is 43.5 Å². The highest BCUT2D eigenvalue weighted by Gasteiger charge is 2.23. The summed E-state index contributed by atoms with van der Waals surface area (Å²) in [6.45, 7) is 7.72. The minimum absolute atomic E-state index is 0.143. The number of anilines is 1. The van der Waals surface area contributed by atoms with Crippen molar-refractivity contribution < 1.29 is 9.72 Å². The normalized spacial score (nSPS) is 12.7. The molecular weight excluding hydrogens is 330 g/mol. The first-order valence-corrected chi connectivity index (χ1v) is 8.20. The van der Waals surface area contributed by atoms with Gasteiger partial charge in [-0.05, 0) is 13.0 Å². The third-order valence-corrected chi connectivity index (χ3v) is 4.15. The average molecular weight is 349 g/mol. The number of amides is 1. The number of benzene rings is 1. The van der Waals surface area contributed by atoms with Gasteiger partial charge in [0, 0.05) is 11.5 Å². The van der Waals surface area contributed by atoms with Gasteiger partial charge in [0.25, 0.3) is 5.69 Å². The van der Waals surface area contributed by atoms with Gasteiger partial charge in [0.2, 0.25) is 11.1 Å². The molecule has 1 amide bonds. The molecule has 0 saturated carbocycles. The van der Waals surface area contributed by atoms with Gasteiger partial charge in [-0.25, -0.2) is 4.98 Å². The Bertz CT molecular complexity index is 754. The fourth-order valence-corrected chi connectivity index (χ4v) is 2.54. The molecule has 0 aliphatic heterocycles. The molecule has 1 unspecified atom stereocenters. The van der Waals surface area contributed by atoms with Crippen LogP contribution < -0.4 is 5.32 Å². The second-order valence-electron chi connectivity index (χ2n) is 6.24. The molecular formula is C15H19N5O3S. The third-order valence-electron chi connectivity index (χ3n) is 3.19. The van der Waals surface area contributed by atoms with Gasteiger partial charge < -0.3 is 5.32 Å². The molecule has 1 aromatic heterocycles. The van der Waals surface area contributed by atoms with Crippen molar-refractivity contribution in [1.82, 2.24) is 15.2 Å². The number of hydrogen-bond acceptors (Lipinski definition) is 6. The predicted octanol–water partition coefficient (Wildman–Crippen LogP) is 3.13. The van der Waals surface area contributed by atoms with Crippen molar-refractivity contribution in [3.63, 3.8) is 0 Å². The molecule has 0 fully saturated rings. The Morgan fingerprint density at radius 3 is 2.62 bits per heavy atom. The van der Waals surface area contributed by atoms with Crippen LogP contribution >= 0.6 is 11.8 Å². The van der Waals surface area contributed by atoms with E-state index in [1.807, 2.05) is 20.8 Å². The van der Waals surface area contributed by atoms with E-state index in [1.54, 1.807) is 19.1 Å².